The van der Waals surface area contributed by atoms with E-state index in [1.807, 2.05) is 36.1 Å². The smallest absolute Gasteiger partial charge is 0.417 e. The Bertz CT molecular complexity index is 939. The van der Waals surface area contributed by atoms with E-state index in [2.05, 4.69) is 4.98 Å². The van der Waals surface area contributed by atoms with Crippen molar-refractivity contribution in [3.63, 3.8) is 0 Å². The summed E-state index contributed by atoms with van der Waals surface area (Å²) in [5.74, 6) is -0.622. The molecule has 6 nitrogen and oxygen atoms in total. The number of rotatable bonds is 6. The van der Waals surface area contributed by atoms with Gasteiger partial charge in [0.05, 0.1) is 11.5 Å². The molecule has 1 aromatic carbocycles. The summed E-state index contributed by atoms with van der Waals surface area (Å²) >= 11 is 0. The van der Waals surface area contributed by atoms with Gasteiger partial charge in [-0.2, -0.15) is 13.2 Å². The fourth-order valence-corrected chi connectivity index (χ4v) is 3.58. The number of likely N-dealkylation sites (N-methyl/N-ethyl adjacent to an activating group) is 1. The van der Waals surface area contributed by atoms with Gasteiger partial charge < -0.3 is 14.5 Å². The Balaban J connectivity index is 1.44. The number of esters is 1. The predicted molar refractivity (Wildman–Crippen MR) is 113 cm³/mol. The lowest BCUT2D eigenvalue weighted by Crippen LogP contribution is -2.38. The number of ether oxygens (including phenoxy) is 1. The molecule has 0 atom stereocenters. The molecule has 0 saturated carbocycles. The van der Waals surface area contributed by atoms with Crippen molar-refractivity contribution in [1.82, 2.24) is 9.88 Å². The maximum atomic E-state index is 12.7. The van der Waals surface area contributed by atoms with Crippen LogP contribution < -0.4 is 4.90 Å². The number of anilines is 1. The number of hydrogen-bond acceptors (Lipinski definition) is 5. The van der Waals surface area contributed by atoms with Gasteiger partial charge in [-0.1, -0.05) is 24.3 Å². The highest BCUT2D eigenvalue weighted by Gasteiger charge is 2.32. The van der Waals surface area contributed by atoms with Crippen molar-refractivity contribution in [2.75, 3.05) is 31.6 Å². The molecule has 1 fully saturated rings. The van der Waals surface area contributed by atoms with Crippen LogP contribution in [-0.4, -0.2) is 48.5 Å². The molecule has 1 amide bonds. The highest BCUT2D eigenvalue weighted by atomic mass is 19.4. The molecule has 0 bridgehead atoms. The molecule has 32 heavy (non-hydrogen) atoms. The third-order valence-corrected chi connectivity index (χ3v) is 5.66. The van der Waals surface area contributed by atoms with E-state index in [-0.39, 0.29) is 18.4 Å². The highest BCUT2D eigenvalue weighted by molar-refractivity contribution is 5.81. The van der Waals surface area contributed by atoms with E-state index < -0.39 is 17.7 Å². The van der Waals surface area contributed by atoms with E-state index in [0.29, 0.717) is 38.3 Å². The van der Waals surface area contributed by atoms with Crippen LogP contribution in [-0.2, 0) is 27.0 Å². The molecule has 1 aliphatic heterocycles. The molecule has 1 aromatic heterocycles. The lowest BCUT2D eigenvalue weighted by Gasteiger charge is -2.31. The maximum absolute atomic E-state index is 12.7. The zero-order valence-electron chi connectivity index (χ0n) is 18.1. The summed E-state index contributed by atoms with van der Waals surface area (Å²) in [6.45, 7) is 3.03. The van der Waals surface area contributed by atoms with E-state index in [1.165, 1.54) is 11.0 Å². The van der Waals surface area contributed by atoms with Crippen LogP contribution in [0, 0.1) is 12.8 Å². The van der Waals surface area contributed by atoms with Gasteiger partial charge in [0.25, 0.3) is 5.91 Å². The highest BCUT2D eigenvalue weighted by Crippen LogP contribution is 2.30. The largest absolute Gasteiger partial charge is 0.455 e. The Morgan fingerprint density at radius 2 is 1.84 bits per heavy atom. The normalized spacial score (nSPS) is 14.8. The van der Waals surface area contributed by atoms with Gasteiger partial charge in [0.1, 0.15) is 5.82 Å². The van der Waals surface area contributed by atoms with Gasteiger partial charge in [0.15, 0.2) is 6.61 Å². The zero-order valence-corrected chi connectivity index (χ0v) is 18.1. The van der Waals surface area contributed by atoms with Gasteiger partial charge in [-0.15, -0.1) is 0 Å². The van der Waals surface area contributed by atoms with Crippen LogP contribution >= 0.6 is 0 Å². The van der Waals surface area contributed by atoms with Gasteiger partial charge in [0.2, 0.25) is 0 Å². The molecule has 172 valence electrons. The zero-order chi connectivity index (χ0) is 23.3. The van der Waals surface area contributed by atoms with Crippen LogP contribution in [0.4, 0.5) is 19.0 Å². The lowest BCUT2D eigenvalue weighted by molar-refractivity contribution is -0.155. The summed E-state index contributed by atoms with van der Waals surface area (Å²) in [4.78, 5) is 32.0. The minimum atomic E-state index is -4.42. The Morgan fingerprint density at radius 3 is 2.44 bits per heavy atom. The van der Waals surface area contributed by atoms with Crippen molar-refractivity contribution < 1.29 is 27.5 Å². The molecular formula is C23H26F3N3O3. The third kappa shape index (κ3) is 5.99. The molecule has 0 radical (unpaired) electrons. The number of alkyl halides is 3. The number of hydrogen-bond donors (Lipinski definition) is 0. The number of carbonyl (C=O) groups is 2. The van der Waals surface area contributed by atoms with Crippen molar-refractivity contribution in [3.05, 3.63) is 59.3 Å². The van der Waals surface area contributed by atoms with Gasteiger partial charge >= 0.3 is 12.1 Å². The van der Waals surface area contributed by atoms with Gasteiger partial charge in [0, 0.05) is 32.9 Å². The van der Waals surface area contributed by atoms with E-state index in [9.17, 15) is 22.8 Å². The second kappa shape index (κ2) is 10.0. The molecule has 1 aliphatic rings. The Hall–Kier alpha value is -3.10. The fourth-order valence-electron chi connectivity index (χ4n) is 3.58. The minimum Gasteiger partial charge on any atom is -0.455 e. The van der Waals surface area contributed by atoms with Crippen molar-refractivity contribution in [2.45, 2.75) is 32.5 Å². The molecule has 9 heteroatoms. The van der Waals surface area contributed by atoms with E-state index in [1.54, 1.807) is 7.05 Å². The molecule has 0 N–H and O–H groups in total. The number of piperidine rings is 1. The first-order valence-corrected chi connectivity index (χ1v) is 10.4. The molecule has 2 heterocycles. The number of nitrogens with zero attached hydrogens (tertiary/aromatic N) is 3. The number of carbonyl (C=O) groups excluding carboxylic acids is 2. The summed E-state index contributed by atoms with van der Waals surface area (Å²) in [7, 11) is 1.66. The SMILES string of the molecule is Cc1ccccc1CN(C)C(=O)COC(=O)C1CCN(c2ccc(C(F)(F)F)cn2)CC1. The molecule has 0 aliphatic carbocycles. The second-order valence-corrected chi connectivity index (χ2v) is 7.95. The second-order valence-electron chi connectivity index (χ2n) is 7.95. The van der Waals surface area contributed by atoms with Crippen LogP contribution in [0.5, 0.6) is 0 Å². The first kappa shape index (κ1) is 23.6. The number of pyridine rings is 1. The summed E-state index contributed by atoms with van der Waals surface area (Å²) in [5, 5.41) is 0. The van der Waals surface area contributed by atoms with Crippen molar-refractivity contribution >= 4 is 17.7 Å². The molecule has 0 unspecified atom stereocenters. The third-order valence-electron chi connectivity index (χ3n) is 5.66. The number of benzene rings is 1. The van der Waals surface area contributed by atoms with Crippen molar-refractivity contribution in [3.8, 4) is 0 Å². The molecule has 3 rings (SSSR count). The topological polar surface area (TPSA) is 62.7 Å². The van der Waals surface area contributed by atoms with Gasteiger partial charge in [-0.25, -0.2) is 4.98 Å². The van der Waals surface area contributed by atoms with Crippen LogP contribution in [0.3, 0.4) is 0 Å². The van der Waals surface area contributed by atoms with E-state index in [4.69, 9.17) is 4.74 Å². The Morgan fingerprint density at radius 1 is 1.16 bits per heavy atom. The number of amides is 1. The summed E-state index contributed by atoms with van der Waals surface area (Å²) in [5.41, 5.74) is 1.31. The average Bonchev–Trinajstić information content (AvgIpc) is 2.78. The predicted octanol–water partition coefficient (Wildman–Crippen LogP) is 3.83. The standard InChI is InChI=1S/C23H26F3N3O3/c1-16-5-3-4-6-18(16)14-28(2)21(30)15-32-22(31)17-9-11-29(12-10-17)20-8-7-19(13-27-20)23(24,25)26/h3-8,13,17H,9-12,14-15H2,1-2H3. The lowest BCUT2D eigenvalue weighted by atomic mass is 9.97. The Kier molecular flexibility index (Phi) is 7.37. The van der Waals surface area contributed by atoms with Gasteiger partial charge in [-0.05, 0) is 43.0 Å². The first-order chi connectivity index (χ1) is 15.1. The fraction of sp³-hybridized carbons (Fsp3) is 0.435. The first-order valence-electron chi connectivity index (χ1n) is 10.4. The summed E-state index contributed by atoms with van der Waals surface area (Å²) in [6.07, 6.45) is -2.65. The van der Waals surface area contributed by atoms with Crippen LogP contribution in [0.15, 0.2) is 42.6 Å². The van der Waals surface area contributed by atoms with Crippen molar-refractivity contribution in [1.29, 1.82) is 0 Å². The summed E-state index contributed by atoms with van der Waals surface area (Å²) in [6, 6.07) is 10.1. The number of aromatic nitrogens is 1. The van der Waals surface area contributed by atoms with Crippen LogP contribution in [0.25, 0.3) is 0 Å². The van der Waals surface area contributed by atoms with Crippen LogP contribution in [0.1, 0.15) is 29.5 Å². The maximum Gasteiger partial charge on any atom is 0.417 e. The summed E-state index contributed by atoms with van der Waals surface area (Å²) < 4.78 is 43.3. The minimum absolute atomic E-state index is 0.284. The van der Waals surface area contributed by atoms with Gasteiger partial charge in [-0.3, -0.25) is 9.59 Å². The Labute approximate surface area is 185 Å². The molecule has 0 spiro atoms. The molecular weight excluding hydrogens is 423 g/mol. The van der Waals surface area contributed by atoms with E-state index in [0.717, 1.165) is 23.4 Å². The molecule has 2 aromatic rings. The van der Waals surface area contributed by atoms with E-state index >= 15 is 0 Å². The monoisotopic (exact) mass is 449 g/mol. The van der Waals surface area contributed by atoms with Crippen LogP contribution in [0.2, 0.25) is 0 Å². The number of aryl methyl sites for hydroxylation is 1. The molecule has 1 saturated heterocycles. The number of halogens is 3. The average molecular weight is 449 g/mol. The quantitative estimate of drug-likeness (QED) is 0.628. The van der Waals surface area contributed by atoms with Crippen molar-refractivity contribution in [2.24, 2.45) is 5.92 Å².